The predicted molar refractivity (Wildman–Crippen MR) is 88.1 cm³/mol. The second kappa shape index (κ2) is 7.19. The van der Waals surface area contributed by atoms with Gasteiger partial charge in [-0.25, -0.2) is 19.6 Å². The standard InChI is InChI=1S/C19H26O6/c20-17(15-7-13-21-24-18(15)9-3-1-4-10-18)23-16-8-14-22-25-19(16)11-5-2-6-12-19/h3,5,9,11,15-16H,1-2,4,6-8,10,12-14H2. The van der Waals surface area contributed by atoms with E-state index < -0.39 is 11.2 Å². The van der Waals surface area contributed by atoms with Crippen molar-refractivity contribution < 1.29 is 29.1 Å². The molecule has 2 fully saturated rings. The number of hydrogen-bond donors (Lipinski definition) is 0. The highest BCUT2D eigenvalue weighted by atomic mass is 17.2. The lowest BCUT2D eigenvalue weighted by atomic mass is 9.77. The van der Waals surface area contributed by atoms with E-state index >= 15 is 0 Å². The van der Waals surface area contributed by atoms with Gasteiger partial charge in [-0.05, 0) is 51.0 Å². The molecule has 2 saturated heterocycles. The topological polar surface area (TPSA) is 63.2 Å². The molecule has 2 spiro atoms. The zero-order valence-corrected chi connectivity index (χ0v) is 14.5. The minimum Gasteiger partial charge on any atom is -0.458 e. The van der Waals surface area contributed by atoms with Gasteiger partial charge in [0.05, 0.1) is 19.1 Å². The van der Waals surface area contributed by atoms with Crippen LogP contribution < -0.4 is 0 Å². The van der Waals surface area contributed by atoms with Crippen LogP contribution >= 0.6 is 0 Å². The quantitative estimate of drug-likeness (QED) is 0.433. The Kier molecular flexibility index (Phi) is 4.95. The van der Waals surface area contributed by atoms with Crippen molar-refractivity contribution in [2.75, 3.05) is 13.2 Å². The van der Waals surface area contributed by atoms with E-state index in [1.807, 2.05) is 12.2 Å². The highest BCUT2D eigenvalue weighted by Crippen LogP contribution is 2.41. The van der Waals surface area contributed by atoms with E-state index in [4.69, 9.17) is 24.3 Å². The predicted octanol–water partition coefficient (Wildman–Crippen LogP) is 3.18. The van der Waals surface area contributed by atoms with Crippen LogP contribution in [-0.4, -0.2) is 36.5 Å². The summed E-state index contributed by atoms with van der Waals surface area (Å²) in [6.45, 7) is 0.841. The van der Waals surface area contributed by atoms with Crippen molar-refractivity contribution in [1.82, 2.24) is 0 Å². The molecule has 4 unspecified atom stereocenters. The summed E-state index contributed by atoms with van der Waals surface area (Å²) in [5.74, 6) is -0.561. The SMILES string of the molecule is O=C(OC1CCOOC12C=CCCC2)C1CCOOC12C=CCCC2. The molecule has 4 aliphatic rings. The molecular formula is C19H26O6. The van der Waals surface area contributed by atoms with Gasteiger partial charge >= 0.3 is 5.97 Å². The molecular weight excluding hydrogens is 324 g/mol. The maximum Gasteiger partial charge on any atom is 0.312 e. The smallest absolute Gasteiger partial charge is 0.312 e. The fraction of sp³-hybridized carbons (Fsp3) is 0.737. The van der Waals surface area contributed by atoms with E-state index in [1.54, 1.807) is 0 Å². The summed E-state index contributed by atoms with van der Waals surface area (Å²) in [6.07, 6.45) is 14.7. The third kappa shape index (κ3) is 3.28. The van der Waals surface area contributed by atoms with Crippen LogP contribution in [0.1, 0.15) is 51.4 Å². The monoisotopic (exact) mass is 350 g/mol. The van der Waals surface area contributed by atoms with E-state index in [0.29, 0.717) is 26.1 Å². The van der Waals surface area contributed by atoms with Crippen LogP contribution in [0.25, 0.3) is 0 Å². The van der Waals surface area contributed by atoms with Gasteiger partial charge in [-0.2, -0.15) is 0 Å². The molecule has 4 rings (SSSR count). The second-order valence-electron chi connectivity index (χ2n) is 7.37. The van der Waals surface area contributed by atoms with Crippen molar-refractivity contribution in [2.45, 2.75) is 68.7 Å². The maximum atomic E-state index is 13.1. The lowest BCUT2D eigenvalue weighted by Crippen LogP contribution is -2.54. The van der Waals surface area contributed by atoms with Crippen LogP contribution in [0.3, 0.4) is 0 Å². The molecule has 6 nitrogen and oxygen atoms in total. The van der Waals surface area contributed by atoms with Crippen LogP contribution in [0.4, 0.5) is 0 Å². The first-order valence-electron chi connectivity index (χ1n) is 9.41. The first-order valence-corrected chi connectivity index (χ1v) is 9.41. The van der Waals surface area contributed by atoms with Gasteiger partial charge in [0, 0.05) is 6.42 Å². The van der Waals surface area contributed by atoms with E-state index in [-0.39, 0.29) is 18.0 Å². The van der Waals surface area contributed by atoms with Crippen molar-refractivity contribution in [2.24, 2.45) is 5.92 Å². The molecule has 0 radical (unpaired) electrons. The van der Waals surface area contributed by atoms with Crippen LogP contribution in [0, 0.1) is 5.92 Å². The molecule has 0 aromatic rings. The highest BCUT2D eigenvalue weighted by molar-refractivity contribution is 5.75. The van der Waals surface area contributed by atoms with Gasteiger partial charge in [0.15, 0.2) is 5.60 Å². The highest BCUT2D eigenvalue weighted by Gasteiger charge is 2.50. The number of allylic oxidation sites excluding steroid dienone is 2. The maximum absolute atomic E-state index is 13.1. The minimum absolute atomic E-state index is 0.219. The van der Waals surface area contributed by atoms with Gasteiger partial charge in [-0.3, -0.25) is 4.79 Å². The summed E-state index contributed by atoms with van der Waals surface area (Å²) >= 11 is 0. The number of esters is 1. The summed E-state index contributed by atoms with van der Waals surface area (Å²) in [4.78, 5) is 34.7. The number of carbonyl (C=O) groups is 1. The van der Waals surface area contributed by atoms with Crippen molar-refractivity contribution in [3.05, 3.63) is 24.3 Å². The molecule has 0 aromatic heterocycles. The van der Waals surface area contributed by atoms with Crippen LogP contribution in [0.5, 0.6) is 0 Å². The summed E-state index contributed by atoms with van der Waals surface area (Å²) in [5, 5.41) is 0. The van der Waals surface area contributed by atoms with Gasteiger partial charge in [0.2, 0.25) is 0 Å². The average molecular weight is 350 g/mol. The Morgan fingerprint density at radius 2 is 1.56 bits per heavy atom. The summed E-state index contributed by atoms with van der Waals surface area (Å²) < 4.78 is 5.99. The first-order chi connectivity index (χ1) is 12.2. The molecule has 2 aliphatic carbocycles. The van der Waals surface area contributed by atoms with Crippen LogP contribution in [0.15, 0.2) is 24.3 Å². The Morgan fingerprint density at radius 3 is 2.24 bits per heavy atom. The van der Waals surface area contributed by atoms with Crippen molar-refractivity contribution >= 4 is 5.97 Å². The van der Waals surface area contributed by atoms with E-state index in [1.165, 1.54) is 0 Å². The number of hydrogen-bond acceptors (Lipinski definition) is 6. The molecule has 0 bridgehead atoms. The first kappa shape index (κ1) is 17.2. The van der Waals surface area contributed by atoms with E-state index in [2.05, 4.69) is 12.2 Å². The molecule has 2 aliphatic heterocycles. The molecule has 0 N–H and O–H groups in total. The van der Waals surface area contributed by atoms with Gasteiger partial charge in [-0.1, -0.05) is 18.2 Å². The van der Waals surface area contributed by atoms with Crippen molar-refractivity contribution in [3.8, 4) is 0 Å². The van der Waals surface area contributed by atoms with Gasteiger partial charge in [0.25, 0.3) is 0 Å². The second-order valence-corrected chi connectivity index (χ2v) is 7.37. The number of ether oxygens (including phenoxy) is 1. The molecule has 6 heteroatoms. The Bertz CT molecular complexity index is 558. The van der Waals surface area contributed by atoms with Crippen molar-refractivity contribution in [1.29, 1.82) is 0 Å². The number of rotatable bonds is 2. The van der Waals surface area contributed by atoms with Gasteiger partial charge in [-0.15, -0.1) is 0 Å². The average Bonchev–Trinajstić information content (AvgIpc) is 2.65. The third-order valence-corrected chi connectivity index (χ3v) is 5.74. The molecule has 4 atom stereocenters. The van der Waals surface area contributed by atoms with Gasteiger partial charge < -0.3 is 4.74 Å². The largest absolute Gasteiger partial charge is 0.458 e. The lowest BCUT2D eigenvalue weighted by Gasteiger charge is -2.44. The molecule has 0 saturated carbocycles. The zero-order chi connectivity index (χ0) is 17.2. The minimum atomic E-state index is -0.685. The Labute approximate surface area is 147 Å². The third-order valence-electron chi connectivity index (χ3n) is 5.74. The summed E-state index contributed by atoms with van der Waals surface area (Å²) in [6, 6.07) is 0. The Morgan fingerprint density at radius 1 is 0.920 bits per heavy atom. The van der Waals surface area contributed by atoms with Gasteiger partial charge in [0.1, 0.15) is 11.7 Å². The Balaban J connectivity index is 1.51. The van der Waals surface area contributed by atoms with Crippen LogP contribution in [-0.2, 0) is 29.1 Å². The van der Waals surface area contributed by atoms with Crippen molar-refractivity contribution in [3.63, 3.8) is 0 Å². The fourth-order valence-corrected chi connectivity index (χ4v) is 4.34. The molecule has 25 heavy (non-hydrogen) atoms. The molecule has 2 heterocycles. The molecule has 0 aromatic carbocycles. The lowest BCUT2D eigenvalue weighted by molar-refractivity contribution is -0.397. The van der Waals surface area contributed by atoms with E-state index in [9.17, 15) is 4.79 Å². The zero-order valence-electron chi connectivity index (χ0n) is 14.5. The number of carbonyl (C=O) groups excluding carboxylic acids is 1. The van der Waals surface area contributed by atoms with E-state index in [0.717, 1.165) is 38.5 Å². The fourth-order valence-electron chi connectivity index (χ4n) is 4.34. The summed E-state index contributed by atoms with van der Waals surface area (Å²) in [5.41, 5.74) is -1.33. The molecule has 0 amide bonds. The van der Waals surface area contributed by atoms with Crippen LogP contribution in [0.2, 0.25) is 0 Å². The Hall–Kier alpha value is -1.21. The normalized spacial score (nSPS) is 41.1. The molecule has 138 valence electrons. The summed E-state index contributed by atoms with van der Waals surface area (Å²) in [7, 11) is 0.